The van der Waals surface area contributed by atoms with Crippen LogP contribution in [0.3, 0.4) is 0 Å². The monoisotopic (exact) mass is 322 g/mol. The first kappa shape index (κ1) is 14.6. The van der Waals surface area contributed by atoms with Crippen molar-refractivity contribution in [3.8, 4) is 0 Å². The molecule has 1 aromatic rings. The highest BCUT2D eigenvalue weighted by molar-refractivity contribution is 7.99. The quantitative estimate of drug-likeness (QED) is 0.625. The van der Waals surface area contributed by atoms with Gasteiger partial charge in [0, 0.05) is 31.2 Å². The van der Waals surface area contributed by atoms with Crippen LogP contribution in [0.25, 0.3) is 0 Å². The second kappa shape index (κ2) is 5.68. The molecule has 0 radical (unpaired) electrons. The number of hydrogen-bond acceptors (Lipinski definition) is 7. The molecule has 2 heterocycles. The van der Waals surface area contributed by atoms with Crippen LogP contribution in [0.1, 0.15) is 6.42 Å². The third-order valence-electron chi connectivity index (χ3n) is 2.74. The molecular formula is C10H14N2O4S3. The first-order valence-corrected chi connectivity index (χ1v) is 9.57. The molecule has 0 aliphatic carbocycles. The minimum absolute atomic E-state index is 0.0612. The molecule has 0 atom stereocenters. The highest BCUT2D eigenvalue weighted by Crippen LogP contribution is 2.40. The number of anilines is 1. The van der Waals surface area contributed by atoms with E-state index in [9.17, 15) is 18.5 Å². The molecule has 0 aromatic carbocycles. The summed E-state index contributed by atoms with van der Waals surface area (Å²) in [6.07, 6.45) is 2.03. The molecule has 1 aliphatic rings. The molecule has 1 aromatic heterocycles. The lowest BCUT2D eigenvalue weighted by Gasteiger charge is -2.19. The number of sulfone groups is 1. The van der Waals surface area contributed by atoms with Gasteiger partial charge < -0.3 is 4.90 Å². The van der Waals surface area contributed by atoms with Gasteiger partial charge in [0.2, 0.25) is 0 Å². The van der Waals surface area contributed by atoms with E-state index in [0.29, 0.717) is 5.00 Å². The van der Waals surface area contributed by atoms with Crippen LogP contribution >= 0.6 is 23.1 Å². The molecule has 0 spiro atoms. The van der Waals surface area contributed by atoms with Gasteiger partial charge in [-0.1, -0.05) is 11.3 Å². The molecule has 0 unspecified atom stereocenters. The van der Waals surface area contributed by atoms with Gasteiger partial charge in [-0.2, -0.15) is 11.8 Å². The summed E-state index contributed by atoms with van der Waals surface area (Å²) in [7, 11) is -3.40. The summed E-state index contributed by atoms with van der Waals surface area (Å²) in [5.41, 5.74) is -0.0997. The third kappa shape index (κ3) is 3.40. The molecule has 0 bridgehead atoms. The SMILES string of the molecule is CS(=O)(=O)c1cc([N+](=O)[O-])c(N2CCCSCC2)s1. The van der Waals surface area contributed by atoms with E-state index in [-0.39, 0.29) is 9.90 Å². The van der Waals surface area contributed by atoms with Crippen LogP contribution in [0.15, 0.2) is 10.3 Å². The van der Waals surface area contributed by atoms with E-state index in [1.165, 1.54) is 6.07 Å². The molecule has 1 fully saturated rings. The molecule has 2 rings (SSSR count). The van der Waals surface area contributed by atoms with Crippen LogP contribution in [0, 0.1) is 10.1 Å². The summed E-state index contributed by atoms with van der Waals surface area (Å²) >= 11 is 2.81. The van der Waals surface area contributed by atoms with Crippen LogP contribution in [-0.4, -0.2) is 44.2 Å². The Kier molecular flexibility index (Phi) is 4.36. The Bertz CT molecular complexity index is 574. The van der Waals surface area contributed by atoms with Crippen LogP contribution < -0.4 is 4.90 Å². The summed E-state index contributed by atoms with van der Waals surface area (Å²) in [5.74, 6) is 1.94. The van der Waals surface area contributed by atoms with Gasteiger partial charge in [-0.3, -0.25) is 10.1 Å². The standard InChI is InChI=1S/C10H14N2O4S3/c1-19(15,16)9-7-8(12(13)14)10(18-9)11-3-2-5-17-6-4-11/h7H,2-6H2,1H3. The van der Waals surface area contributed by atoms with E-state index in [1.807, 2.05) is 16.7 Å². The second-order valence-electron chi connectivity index (χ2n) is 4.24. The van der Waals surface area contributed by atoms with Crippen molar-refractivity contribution in [1.29, 1.82) is 0 Å². The number of hydrogen-bond donors (Lipinski definition) is 0. The zero-order valence-corrected chi connectivity index (χ0v) is 12.8. The first-order valence-electron chi connectivity index (χ1n) is 5.70. The zero-order chi connectivity index (χ0) is 14.0. The first-order chi connectivity index (χ1) is 8.89. The van der Waals surface area contributed by atoms with Crippen molar-refractivity contribution in [3.63, 3.8) is 0 Å². The lowest BCUT2D eigenvalue weighted by Crippen LogP contribution is -2.25. The highest BCUT2D eigenvalue weighted by Gasteiger charge is 2.27. The van der Waals surface area contributed by atoms with Crippen molar-refractivity contribution in [1.82, 2.24) is 0 Å². The largest absolute Gasteiger partial charge is 0.357 e. The Morgan fingerprint density at radius 3 is 2.74 bits per heavy atom. The third-order valence-corrected chi connectivity index (χ3v) is 6.78. The van der Waals surface area contributed by atoms with Gasteiger partial charge in [-0.05, 0) is 12.2 Å². The molecule has 19 heavy (non-hydrogen) atoms. The normalized spacial score (nSPS) is 17.2. The van der Waals surface area contributed by atoms with Gasteiger partial charge in [0.1, 0.15) is 4.21 Å². The van der Waals surface area contributed by atoms with E-state index in [4.69, 9.17) is 0 Å². The smallest absolute Gasteiger partial charge is 0.305 e. The van der Waals surface area contributed by atoms with E-state index in [0.717, 1.165) is 48.6 Å². The number of rotatable bonds is 3. The van der Waals surface area contributed by atoms with Gasteiger partial charge in [-0.15, -0.1) is 0 Å². The summed E-state index contributed by atoms with van der Waals surface area (Å²) in [6.45, 7) is 1.45. The number of nitrogens with zero attached hydrogens (tertiary/aromatic N) is 2. The molecule has 106 valence electrons. The Morgan fingerprint density at radius 1 is 1.37 bits per heavy atom. The van der Waals surface area contributed by atoms with Crippen molar-refractivity contribution in [2.45, 2.75) is 10.6 Å². The maximum Gasteiger partial charge on any atom is 0.305 e. The van der Waals surface area contributed by atoms with Crippen LogP contribution in [0.5, 0.6) is 0 Å². The molecule has 0 saturated carbocycles. The summed E-state index contributed by atoms with van der Waals surface area (Å²) in [4.78, 5) is 12.5. The molecule has 1 saturated heterocycles. The minimum Gasteiger partial charge on any atom is -0.357 e. The minimum atomic E-state index is -3.40. The van der Waals surface area contributed by atoms with Gasteiger partial charge in [-0.25, -0.2) is 8.42 Å². The Balaban J connectivity index is 2.42. The Hall–Kier alpha value is -0.800. The van der Waals surface area contributed by atoms with E-state index in [1.54, 1.807) is 0 Å². The van der Waals surface area contributed by atoms with Crippen LogP contribution in [0.2, 0.25) is 0 Å². The van der Waals surface area contributed by atoms with E-state index < -0.39 is 14.8 Å². The second-order valence-corrected chi connectivity index (χ2v) is 8.74. The highest BCUT2D eigenvalue weighted by atomic mass is 32.2. The maximum absolute atomic E-state index is 11.5. The van der Waals surface area contributed by atoms with Gasteiger partial charge >= 0.3 is 5.69 Å². The predicted molar refractivity (Wildman–Crippen MR) is 78.2 cm³/mol. The average Bonchev–Trinajstić information content (AvgIpc) is 2.60. The van der Waals surface area contributed by atoms with Gasteiger partial charge in [0.25, 0.3) is 0 Å². The summed E-state index contributed by atoms with van der Waals surface area (Å²) < 4.78 is 23.1. The maximum atomic E-state index is 11.5. The fourth-order valence-corrected chi connectivity index (χ4v) is 4.81. The Labute approximate surface area is 119 Å². The van der Waals surface area contributed by atoms with E-state index >= 15 is 0 Å². The molecule has 0 N–H and O–H groups in total. The molecule has 0 amide bonds. The topological polar surface area (TPSA) is 80.5 Å². The summed E-state index contributed by atoms with van der Waals surface area (Å²) in [5, 5.41) is 11.5. The summed E-state index contributed by atoms with van der Waals surface area (Å²) in [6, 6.07) is 1.17. The fourth-order valence-electron chi connectivity index (χ4n) is 1.84. The molecule has 1 aliphatic heterocycles. The van der Waals surface area contributed by atoms with Crippen molar-refractivity contribution in [2.24, 2.45) is 0 Å². The van der Waals surface area contributed by atoms with Gasteiger partial charge in [0.15, 0.2) is 14.8 Å². The van der Waals surface area contributed by atoms with Crippen molar-refractivity contribution >= 4 is 43.6 Å². The van der Waals surface area contributed by atoms with Crippen molar-refractivity contribution in [3.05, 3.63) is 16.2 Å². The lowest BCUT2D eigenvalue weighted by molar-refractivity contribution is -0.383. The lowest BCUT2D eigenvalue weighted by atomic mass is 10.4. The predicted octanol–water partition coefficient (Wildman–Crippen LogP) is 2.00. The van der Waals surface area contributed by atoms with Crippen LogP contribution in [0.4, 0.5) is 10.7 Å². The Morgan fingerprint density at radius 2 is 2.11 bits per heavy atom. The van der Waals surface area contributed by atoms with Crippen molar-refractivity contribution in [2.75, 3.05) is 35.8 Å². The van der Waals surface area contributed by atoms with Crippen LogP contribution in [-0.2, 0) is 9.84 Å². The van der Waals surface area contributed by atoms with Crippen molar-refractivity contribution < 1.29 is 13.3 Å². The van der Waals surface area contributed by atoms with Gasteiger partial charge in [0.05, 0.1) is 4.92 Å². The van der Waals surface area contributed by atoms with E-state index in [2.05, 4.69) is 0 Å². The molecule has 6 nitrogen and oxygen atoms in total. The molecule has 9 heteroatoms. The molecular weight excluding hydrogens is 308 g/mol. The number of thioether (sulfide) groups is 1. The number of nitro groups is 1. The number of thiophene rings is 1. The average molecular weight is 322 g/mol. The fraction of sp³-hybridized carbons (Fsp3) is 0.600. The zero-order valence-electron chi connectivity index (χ0n) is 10.4.